The van der Waals surface area contributed by atoms with E-state index in [4.69, 9.17) is 27.9 Å². The molecule has 0 unspecified atom stereocenters. The van der Waals surface area contributed by atoms with Crippen molar-refractivity contribution in [3.8, 4) is 0 Å². The Morgan fingerprint density at radius 2 is 0.795 bits per heavy atom. The Balaban J connectivity index is 1.97. The van der Waals surface area contributed by atoms with E-state index in [1.54, 1.807) is 0 Å². The molecule has 0 radical (unpaired) electrons. The van der Waals surface area contributed by atoms with Crippen LogP contribution in [0.3, 0.4) is 0 Å². The van der Waals surface area contributed by atoms with Gasteiger partial charge in [-0.3, -0.25) is 0 Å². The summed E-state index contributed by atoms with van der Waals surface area (Å²) in [5.74, 6) is 0. The second-order valence-corrected chi connectivity index (χ2v) is 13.7. The molecule has 1 aromatic carbocycles. The predicted molar refractivity (Wildman–Crippen MR) is 147 cm³/mol. The maximum absolute atomic E-state index is 13.5. The monoisotopic (exact) mass is 550 g/mol. The van der Waals surface area contributed by atoms with E-state index in [9.17, 15) is 13.2 Å². The highest BCUT2D eigenvalue weighted by Crippen LogP contribution is 2.48. The van der Waals surface area contributed by atoms with Crippen molar-refractivity contribution >= 4 is 26.8 Å². The highest BCUT2D eigenvalue weighted by molar-refractivity contribution is 6.86. The van der Waals surface area contributed by atoms with E-state index in [0.717, 1.165) is 12.1 Å². The highest BCUT2D eigenvalue weighted by atomic mass is 19.4. The van der Waals surface area contributed by atoms with Crippen LogP contribution in [0.15, 0.2) is 29.6 Å². The lowest BCUT2D eigenvalue weighted by Crippen LogP contribution is -2.41. The Bertz CT molecular complexity index is 1060. The van der Waals surface area contributed by atoms with Crippen molar-refractivity contribution in [2.24, 2.45) is 0 Å². The fraction of sp³-hybridized carbons (Fsp3) is 0.704. The Labute approximate surface area is 231 Å². The molecule has 3 heterocycles. The second-order valence-electron chi connectivity index (χ2n) is 13.7. The average Bonchev–Trinajstić information content (AvgIpc) is 3.19. The van der Waals surface area contributed by atoms with E-state index in [0.29, 0.717) is 16.4 Å². The third-order valence-electron chi connectivity index (χ3n) is 9.34. The zero-order chi connectivity index (χ0) is 29.6. The number of alkyl halides is 3. The second kappa shape index (κ2) is 9.10. The first-order valence-corrected chi connectivity index (χ1v) is 13.4. The maximum atomic E-state index is 13.5. The van der Waals surface area contributed by atoms with Crippen LogP contribution in [0.25, 0.3) is 5.47 Å². The van der Waals surface area contributed by atoms with Crippen LogP contribution in [-0.2, 0) is 34.1 Å². The summed E-state index contributed by atoms with van der Waals surface area (Å²) in [5, 5.41) is 0.463. The van der Waals surface area contributed by atoms with Gasteiger partial charge in [0.1, 0.15) is 0 Å². The predicted octanol–water partition coefficient (Wildman–Crippen LogP) is 6.35. The summed E-state index contributed by atoms with van der Waals surface area (Å²) in [6.07, 6.45) is -4.48. The van der Waals surface area contributed by atoms with Gasteiger partial charge in [-0.15, -0.1) is 0 Å². The topological polar surface area (TPSA) is 55.4 Å². The lowest BCUT2D eigenvalue weighted by molar-refractivity contribution is -0.137. The van der Waals surface area contributed by atoms with Gasteiger partial charge in [0, 0.05) is 0 Å². The number of hydrogen-bond acceptors (Lipinski definition) is 6. The van der Waals surface area contributed by atoms with Crippen molar-refractivity contribution < 1.29 is 41.1 Å². The van der Waals surface area contributed by atoms with Gasteiger partial charge in [0.25, 0.3) is 0 Å². The van der Waals surface area contributed by atoms with Crippen LogP contribution in [0, 0.1) is 0 Å². The molecule has 39 heavy (non-hydrogen) atoms. The van der Waals surface area contributed by atoms with Gasteiger partial charge >= 0.3 is 27.5 Å². The van der Waals surface area contributed by atoms with Crippen molar-refractivity contribution in [2.75, 3.05) is 0 Å². The number of halogens is 3. The van der Waals surface area contributed by atoms with Gasteiger partial charge in [0.05, 0.1) is 39.2 Å². The fourth-order valence-electron chi connectivity index (χ4n) is 4.54. The molecular weight excluding hydrogens is 510 g/mol. The lowest BCUT2D eigenvalue weighted by atomic mass is 9.49. The van der Waals surface area contributed by atoms with Crippen molar-refractivity contribution in [1.29, 1.82) is 0 Å². The number of hydrogen-bond donors (Lipinski definition) is 0. The van der Waals surface area contributed by atoms with Crippen LogP contribution in [0.5, 0.6) is 0 Å². The van der Waals surface area contributed by atoms with Crippen LogP contribution in [-0.4, -0.2) is 55.0 Å². The summed E-state index contributed by atoms with van der Waals surface area (Å²) >= 11 is 0. The molecule has 0 amide bonds. The minimum Gasteiger partial charge on any atom is -0.400 e. The van der Waals surface area contributed by atoms with Gasteiger partial charge in [-0.05, 0) is 112 Å². The van der Waals surface area contributed by atoms with Crippen LogP contribution in [0.2, 0.25) is 0 Å². The Morgan fingerprint density at radius 1 is 0.513 bits per heavy atom. The molecule has 3 aliphatic rings. The first-order valence-electron chi connectivity index (χ1n) is 13.4. The molecule has 0 aliphatic carbocycles. The number of benzene rings is 1. The van der Waals surface area contributed by atoms with Crippen molar-refractivity contribution in [2.45, 2.75) is 123 Å². The van der Waals surface area contributed by atoms with Crippen molar-refractivity contribution in [3.05, 3.63) is 40.8 Å². The van der Waals surface area contributed by atoms with Crippen LogP contribution >= 0.6 is 0 Å². The third kappa shape index (κ3) is 5.26. The molecule has 0 atom stereocenters. The van der Waals surface area contributed by atoms with E-state index >= 15 is 0 Å². The first-order chi connectivity index (χ1) is 17.4. The molecule has 0 saturated carbocycles. The van der Waals surface area contributed by atoms with Crippen LogP contribution in [0.1, 0.15) is 94.2 Å². The van der Waals surface area contributed by atoms with Gasteiger partial charge in [0.15, 0.2) is 0 Å². The molecule has 3 fully saturated rings. The smallest absolute Gasteiger partial charge is 0.400 e. The minimum absolute atomic E-state index is 0.458. The quantitative estimate of drug-likeness (QED) is 0.408. The van der Waals surface area contributed by atoms with E-state index in [2.05, 4.69) is 0 Å². The molecule has 0 aromatic heterocycles. The van der Waals surface area contributed by atoms with E-state index < -0.39 is 66.7 Å². The Hall–Kier alpha value is -1.30. The summed E-state index contributed by atoms with van der Waals surface area (Å²) in [6.45, 7) is 23.1. The third-order valence-corrected chi connectivity index (χ3v) is 9.34. The summed E-state index contributed by atoms with van der Waals surface area (Å²) in [4.78, 5) is 0. The molecule has 0 N–H and O–H groups in total. The van der Waals surface area contributed by atoms with Crippen LogP contribution in [0.4, 0.5) is 13.2 Å². The molecule has 12 heteroatoms. The molecule has 0 spiro atoms. The highest BCUT2D eigenvalue weighted by Gasteiger charge is 2.62. The lowest BCUT2D eigenvalue weighted by Gasteiger charge is -2.32. The average molecular weight is 550 g/mol. The SMILES string of the molecule is CC1(C)OB(C(B2OC(C)(C)C(C)(C)O2)=C(B2OC(C)(C)C(C)(C)O2)c2ccc(C(F)(F)F)cc2)OC1(C)C. The van der Waals surface area contributed by atoms with Gasteiger partial charge in [-0.1, -0.05) is 12.1 Å². The molecule has 3 aliphatic heterocycles. The Kier molecular flexibility index (Phi) is 7.15. The van der Waals surface area contributed by atoms with Crippen molar-refractivity contribution in [3.63, 3.8) is 0 Å². The molecule has 214 valence electrons. The summed E-state index contributed by atoms with van der Waals surface area (Å²) in [6, 6.07) is 4.93. The Morgan fingerprint density at radius 3 is 1.08 bits per heavy atom. The molecule has 3 saturated heterocycles. The first kappa shape index (κ1) is 30.7. The molecule has 4 rings (SSSR count). The van der Waals surface area contributed by atoms with Gasteiger partial charge in [0.2, 0.25) is 0 Å². The standard InChI is InChI=1S/C27H40B3F3O6/c1-21(2)22(3,4)35-28(34-21)19(17-13-15-18(16-14-17)27(31,32)33)20(29-36-23(5,6)24(7,8)37-29)30-38-25(9,10)26(11,12)39-30/h13-16H,1-12H3. The van der Waals surface area contributed by atoms with E-state index in [1.165, 1.54) is 12.1 Å². The van der Waals surface area contributed by atoms with Gasteiger partial charge < -0.3 is 27.9 Å². The van der Waals surface area contributed by atoms with Gasteiger partial charge in [-0.2, -0.15) is 13.2 Å². The molecular formula is C27H40B3F3O6. The van der Waals surface area contributed by atoms with E-state index in [-0.39, 0.29) is 0 Å². The zero-order valence-electron chi connectivity index (χ0n) is 25.1. The zero-order valence-corrected chi connectivity index (χ0v) is 25.1. The molecule has 0 bridgehead atoms. The maximum Gasteiger partial charge on any atom is 0.494 e. The largest absolute Gasteiger partial charge is 0.494 e. The summed E-state index contributed by atoms with van der Waals surface area (Å²) < 4.78 is 79.3. The molecule has 1 aromatic rings. The molecule has 6 nitrogen and oxygen atoms in total. The van der Waals surface area contributed by atoms with Gasteiger partial charge in [-0.25, -0.2) is 0 Å². The van der Waals surface area contributed by atoms with Crippen LogP contribution < -0.4 is 0 Å². The number of rotatable bonds is 4. The summed E-state index contributed by atoms with van der Waals surface area (Å²) in [5.41, 5.74) is -4.08. The summed E-state index contributed by atoms with van der Waals surface area (Å²) in [7, 11) is -2.85. The van der Waals surface area contributed by atoms with E-state index in [1.807, 2.05) is 83.1 Å². The minimum atomic E-state index is -4.48. The normalized spacial score (nSPS) is 26.3. The fourth-order valence-corrected chi connectivity index (χ4v) is 4.54. The van der Waals surface area contributed by atoms with Crippen molar-refractivity contribution in [1.82, 2.24) is 0 Å².